The summed E-state index contributed by atoms with van der Waals surface area (Å²) in [7, 11) is 0. The first-order chi connectivity index (χ1) is 7.38. The van der Waals surface area contributed by atoms with Crippen molar-refractivity contribution in [3.63, 3.8) is 0 Å². The van der Waals surface area contributed by atoms with E-state index < -0.39 is 0 Å². The first-order valence-electron chi connectivity index (χ1n) is 4.51. The van der Waals surface area contributed by atoms with E-state index in [0.717, 1.165) is 11.7 Å². The van der Waals surface area contributed by atoms with E-state index in [1.165, 1.54) is 21.8 Å². The predicted molar refractivity (Wildman–Crippen MR) is 65.5 cm³/mol. The zero-order chi connectivity index (χ0) is 10.5. The monoisotopic (exact) mass is 237 g/mol. The fourth-order valence-electron chi connectivity index (χ4n) is 1.17. The van der Waals surface area contributed by atoms with Crippen LogP contribution in [0.2, 0.25) is 0 Å². The summed E-state index contributed by atoms with van der Waals surface area (Å²) in [5, 5.41) is 11.8. The molecule has 2 aromatic rings. The maximum Gasteiger partial charge on any atom is 0.205 e. The van der Waals surface area contributed by atoms with E-state index in [1.54, 1.807) is 17.3 Å². The molecule has 0 radical (unpaired) electrons. The maximum atomic E-state index is 3.92. The van der Waals surface area contributed by atoms with E-state index >= 15 is 0 Å². The van der Waals surface area contributed by atoms with Crippen LogP contribution in [0.25, 0.3) is 0 Å². The molecule has 0 atom stereocenters. The maximum absolute atomic E-state index is 3.92. The molecule has 5 heteroatoms. The first-order valence-corrected chi connectivity index (χ1v) is 6.62. The Morgan fingerprint density at radius 2 is 2.13 bits per heavy atom. The summed E-state index contributed by atoms with van der Waals surface area (Å²) in [5.41, 5.74) is 2.97. The van der Waals surface area contributed by atoms with Gasteiger partial charge in [-0.25, -0.2) is 0 Å². The van der Waals surface area contributed by atoms with Crippen molar-refractivity contribution in [1.82, 2.24) is 10.2 Å². The van der Waals surface area contributed by atoms with Crippen molar-refractivity contribution < 1.29 is 0 Å². The van der Waals surface area contributed by atoms with Crippen LogP contribution in [0.4, 0.5) is 5.13 Å². The molecule has 0 unspecified atom stereocenters. The van der Waals surface area contributed by atoms with E-state index in [-0.39, 0.29) is 0 Å². The van der Waals surface area contributed by atoms with Gasteiger partial charge in [0.05, 0.1) is 0 Å². The summed E-state index contributed by atoms with van der Waals surface area (Å²) < 4.78 is 0. The lowest BCUT2D eigenvalue weighted by Crippen LogP contribution is -1.98. The van der Waals surface area contributed by atoms with Crippen molar-refractivity contribution in [2.45, 2.75) is 11.4 Å². The lowest BCUT2D eigenvalue weighted by Gasteiger charge is -2.03. The van der Waals surface area contributed by atoms with Crippen molar-refractivity contribution in [2.24, 2.45) is 0 Å². The van der Waals surface area contributed by atoms with Crippen LogP contribution in [0.15, 0.2) is 34.7 Å². The molecule has 1 heterocycles. The Hall–Kier alpha value is -1.07. The number of nitrogens with zero attached hydrogens (tertiary/aromatic N) is 2. The van der Waals surface area contributed by atoms with Crippen LogP contribution in [-0.4, -0.2) is 16.5 Å². The molecule has 0 aliphatic heterocycles. The number of thioether (sulfide) groups is 1. The molecule has 15 heavy (non-hydrogen) atoms. The molecule has 1 aromatic carbocycles. The molecule has 1 N–H and O–H groups in total. The fraction of sp³-hybridized carbons (Fsp3) is 0.200. The summed E-state index contributed by atoms with van der Waals surface area (Å²) in [5.74, 6) is 0. The first kappa shape index (κ1) is 10.4. The number of rotatable bonds is 4. The third-order valence-corrected chi connectivity index (χ3v) is 3.36. The SMILES string of the molecule is CSc1ccc(CNc2nncs2)cc1. The molecule has 2 rings (SSSR count). The van der Waals surface area contributed by atoms with Gasteiger partial charge >= 0.3 is 0 Å². The normalized spacial score (nSPS) is 10.2. The predicted octanol–water partition coefficient (Wildman–Crippen LogP) is 2.87. The lowest BCUT2D eigenvalue weighted by atomic mass is 10.2. The van der Waals surface area contributed by atoms with Crippen molar-refractivity contribution in [3.05, 3.63) is 35.3 Å². The van der Waals surface area contributed by atoms with Crippen LogP contribution in [0.1, 0.15) is 5.56 Å². The molecule has 0 spiro atoms. The molecule has 0 saturated carbocycles. The Kier molecular flexibility index (Phi) is 3.58. The summed E-state index contributed by atoms with van der Waals surface area (Å²) in [6, 6.07) is 8.50. The van der Waals surface area contributed by atoms with Crippen molar-refractivity contribution >= 4 is 28.2 Å². The van der Waals surface area contributed by atoms with Crippen LogP contribution < -0.4 is 5.32 Å². The highest BCUT2D eigenvalue weighted by Gasteiger charge is 1.96. The molecule has 1 aromatic heterocycles. The van der Waals surface area contributed by atoms with E-state index in [1.807, 2.05) is 0 Å². The van der Waals surface area contributed by atoms with Gasteiger partial charge in [0.15, 0.2) is 0 Å². The lowest BCUT2D eigenvalue weighted by molar-refractivity contribution is 1.05. The van der Waals surface area contributed by atoms with E-state index in [2.05, 4.69) is 46.0 Å². The van der Waals surface area contributed by atoms with Gasteiger partial charge in [-0.15, -0.1) is 22.0 Å². The van der Waals surface area contributed by atoms with E-state index in [9.17, 15) is 0 Å². The smallest absolute Gasteiger partial charge is 0.205 e. The number of nitrogens with one attached hydrogen (secondary N) is 1. The highest BCUT2D eigenvalue weighted by atomic mass is 32.2. The zero-order valence-electron chi connectivity index (χ0n) is 8.30. The average molecular weight is 237 g/mol. The second kappa shape index (κ2) is 5.14. The van der Waals surface area contributed by atoms with Gasteiger partial charge < -0.3 is 5.32 Å². The fourth-order valence-corrected chi connectivity index (χ4v) is 2.02. The van der Waals surface area contributed by atoms with Gasteiger partial charge in [-0.1, -0.05) is 23.5 Å². The molecule has 0 saturated heterocycles. The second-order valence-electron chi connectivity index (χ2n) is 2.95. The van der Waals surface area contributed by atoms with E-state index in [0.29, 0.717) is 0 Å². The minimum atomic E-state index is 0.795. The Morgan fingerprint density at radius 1 is 1.33 bits per heavy atom. The van der Waals surface area contributed by atoms with E-state index in [4.69, 9.17) is 0 Å². The summed E-state index contributed by atoms with van der Waals surface area (Å²) in [6.45, 7) is 0.795. The third-order valence-electron chi connectivity index (χ3n) is 1.96. The van der Waals surface area contributed by atoms with Gasteiger partial charge in [0.1, 0.15) is 5.51 Å². The van der Waals surface area contributed by atoms with Gasteiger partial charge in [0, 0.05) is 11.4 Å². The van der Waals surface area contributed by atoms with Gasteiger partial charge in [-0.05, 0) is 24.0 Å². The van der Waals surface area contributed by atoms with Crippen LogP contribution in [-0.2, 0) is 6.54 Å². The number of anilines is 1. The Bertz CT molecular complexity index is 397. The molecule has 0 aliphatic carbocycles. The standard InChI is InChI=1S/C10H11N3S2/c1-14-9-4-2-8(3-5-9)6-11-10-13-12-7-15-10/h2-5,7H,6H2,1H3,(H,11,13). The van der Waals surface area contributed by atoms with Crippen LogP contribution in [0.5, 0.6) is 0 Å². The van der Waals surface area contributed by atoms with Crippen LogP contribution in [0, 0.1) is 0 Å². The Labute approximate surface area is 96.9 Å². The molecular formula is C10H11N3S2. The quantitative estimate of drug-likeness (QED) is 0.830. The topological polar surface area (TPSA) is 37.8 Å². The largest absolute Gasteiger partial charge is 0.356 e. The van der Waals surface area contributed by atoms with Gasteiger partial charge in [0.2, 0.25) is 5.13 Å². The van der Waals surface area contributed by atoms with Crippen molar-refractivity contribution in [1.29, 1.82) is 0 Å². The van der Waals surface area contributed by atoms with Gasteiger partial charge in [-0.2, -0.15) is 0 Å². The number of hydrogen-bond donors (Lipinski definition) is 1. The van der Waals surface area contributed by atoms with Gasteiger partial charge in [-0.3, -0.25) is 0 Å². The third kappa shape index (κ3) is 2.94. The Balaban J connectivity index is 1.93. The molecule has 78 valence electrons. The second-order valence-corrected chi connectivity index (χ2v) is 4.66. The molecule has 0 amide bonds. The van der Waals surface area contributed by atoms with Crippen molar-refractivity contribution in [2.75, 3.05) is 11.6 Å². The molecular weight excluding hydrogens is 226 g/mol. The molecule has 0 bridgehead atoms. The van der Waals surface area contributed by atoms with Gasteiger partial charge in [0.25, 0.3) is 0 Å². The molecule has 3 nitrogen and oxygen atoms in total. The number of benzene rings is 1. The summed E-state index contributed by atoms with van der Waals surface area (Å²) >= 11 is 3.27. The molecule has 0 aliphatic rings. The average Bonchev–Trinajstić information content (AvgIpc) is 2.80. The number of aromatic nitrogens is 2. The minimum absolute atomic E-state index is 0.795. The van der Waals surface area contributed by atoms with Crippen LogP contribution in [0.3, 0.4) is 0 Å². The highest BCUT2D eigenvalue weighted by Crippen LogP contribution is 2.16. The zero-order valence-corrected chi connectivity index (χ0v) is 9.94. The van der Waals surface area contributed by atoms with Crippen LogP contribution >= 0.6 is 23.1 Å². The molecule has 0 fully saturated rings. The van der Waals surface area contributed by atoms with Crippen molar-refractivity contribution in [3.8, 4) is 0 Å². The number of hydrogen-bond acceptors (Lipinski definition) is 5. The minimum Gasteiger partial charge on any atom is -0.356 e. The highest BCUT2D eigenvalue weighted by molar-refractivity contribution is 7.98. The summed E-state index contributed by atoms with van der Waals surface area (Å²) in [4.78, 5) is 1.29. The Morgan fingerprint density at radius 3 is 2.73 bits per heavy atom. The summed E-state index contributed by atoms with van der Waals surface area (Å²) in [6.07, 6.45) is 2.08.